The zero-order valence-electron chi connectivity index (χ0n) is 11.3. The molecule has 0 fully saturated rings. The van der Waals surface area contributed by atoms with Crippen LogP contribution in [0.1, 0.15) is 45.6 Å². The predicted octanol–water partition coefficient (Wildman–Crippen LogP) is 4.15. The summed E-state index contributed by atoms with van der Waals surface area (Å²) in [5, 5.41) is 2.97. The monoisotopic (exact) mass is 233 g/mol. The second-order valence-electron chi connectivity index (χ2n) is 5.38. The maximum Gasteiger partial charge on any atom is 0.224 e. The van der Waals surface area contributed by atoms with Crippen molar-refractivity contribution in [1.82, 2.24) is 0 Å². The van der Waals surface area contributed by atoms with Gasteiger partial charge in [-0.05, 0) is 30.4 Å². The van der Waals surface area contributed by atoms with Crippen LogP contribution in [0.3, 0.4) is 0 Å². The van der Waals surface area contributed by atoms with E-state index in [2.05, 4.69) is 26.1 Å². The van der Waals surface area contributed by atoms with E-state index in [0.29, 0.717) is 6.42 Å². The first-order chi connectivity index (χ1) is 7.94. The van der Waals surface area contributed by atoms with Crippen LogP contribution in [-0.2, 0) is 4.79 Å². The summed E-state index contributed by atoms with van der Waals surface area (Å²) in [7, 11) is 0. The standard InChI is InChI=1S/C15H23NO/c1-5-15(3,4)11-10-14(17)16-13-9-7-6-8-12(13)2/h6-9H,5,10-11H2,1-4H3,(H,16,17). The number of carbonyl (C=O) groups excluding carboxylic acids is 1. The van der Waals surface area contributed by atoms with Crippen LogP contribution in [0.15, 0.2) is 24.3 Å². The molecule has 0 saturated carbocycles. The highest BCUT2D eigenvalue weighted by Gasteiger charge is 2.16. The van der Waals surface area contributed by atoms with Gasteiger partial charge in [-0.3, -0.25) is 4.79 Å². The van der Waals surface area contributed by atoms with Crippen molar-refractivity contribution in [2.75, 3.05) is 5.32 Å². The van der Waals surface area contributed by atoms with Gasteiger partial charge in [-0.15, -0.1) is 0 Å². The summed E-state index contributed by atoms with van der Waals surface area (Å²) in [6, 6.07) is 7.87. The van der Waals surface area contributed by atoms with Gasteiger partial charge >= 0.3 is 0 Å². The first-order valence-electron chi connectivity index (χ1n) is 6.30. The number of hydrogen-bond donors (Lipinski definition) is 1. The van der Waals surface area contributed by atoms with E-state index in [4.69, 9.17) is 0 Å². The smallest absolute Gasteiger partial charge is 0.224 e. The number of amides is 1. The van der Waals surface area contributed by atoms with Crippen LogP contribution in [0.5, 0.6) is 0 Å². The summed E-state index contributed by atoms with van der Waals surface area (Å²) in [6.07, 6.45) is 2.63. The lowest BCUT2D eigenvalue weighted by atomic mass is 9.85. The molecule has 1 N–H and O–H groups in total. The molecule has 0 atom stereocenters. The summed E-state index contributed by atoms with van der Waals surface area (Å²) in [6.45, 7) is 8.58. The first kappa shape index (κ1) is 13.8. The molecule has 1 amide bonds. The quantitative estimate of drug-likeness (QED) is 0.813. The van der Waals surface area contributed by atoms with Gasteiger partial charge in [0.1, 0.15) is 0 Å². The predicted molar refractivity (Wildman–Crippen MR) is 73.1 cm³/mol. The van der Waals surface area contributed by atoms with Crippen molar-refractivity contribution in [3.05, 3.63) is 29.8 Å². The molecule has 0 spiro atoms. The van der Waals surface area contributed by atoms with E-state index in [1.807, 2.05) is 31.2 Å². The van der Waals surface area contributed by atoms with E-state index in [1.54, 1.807) is 0 Å². The van der Waals surface area contributed by atoms with Crippen molar-refractivity contribution in [2.24, 2.45) is 5.41 Å². The first-order valence-corrected chi connectivity index (χ1v) is 6.30. The van der Waals surface area contributed by atoms with Gasteiger partial charge < -0.3 is 5.32 Å². The zero-order chi connectivity index (χ0) is 12.9. The number of benzene rings is 1. The molecule has 94 valence electrons. The largest absolute Gasteiger partial charge is 0.326 e. The fourth-order valence-corrected chi connectivity index (χ4v) is 1.55. The van der Waals surface area contributed by atoms with Crippen LogP contribution in [0.25, 0.3) is 0 Å². The highest BCUT2D eigenvalue weighted by molar-refractivity contribution is 5.91. The molecule has 0 heterocycles. The van der Waals surface area contributed by atoms with Crippen molar-refractivity contribution in [3.8, 4) is 0 Å². The molecule has 0 unspecified atom stereocenters. The Labute approximate surface area is 104 Å². The maximum atomic E-state index is 11.8. The molecule has 17 heavy (non-hydrogen) atoms. The van der Waals surface area contributed by atoms with Gasteiger partial charge in [-0.1, -0.05) is 45.4 Å². The summed E-state index contributed by atoms with van der Waals surface area (Å²) >= 11 is 0. The number of rotatable bonds is 5. The van der Waals surface area contributed by atoms with Crippen LogP contribution < -0.4 is 5.32 Å². The lowest BCUT2D eigenvalue weighted by molar-refractivity contribution is -0.116. The van der Waals surface area contributed by atoms with Gasteiger partial charge in [0, 0.05) is 12.1 Å². The van der Waals surface area contributed by atoms with Gasteiger partial charge in [0.15, 0.2) is 0 Å². The minimum absolute atomic E-state index is 0.112. The van der Waals surface area contributed by atoms with Gasteiger partial charge in [-0.25, -0.2) is 0 Å². The molecule has 2 heteroatoms. The number of para-hydroxylation sites is 1. The summed E-state index contributed by atoms with van der Waals surface area (Å²) in [5.41, 5.74) is 2.28. The molecule has 1 aromatic rings. The van der Waals surface area contributed by atoms with Crippen molar-refractivity contribution in [1.29, 1.82) is 0 Å². The Balaban J connectivity index is 2.48. The fraction of sp³-hybridized carbons (Fsp3) is 0.533. The van der Waals surface area contributed by atoms with Crippen LogP contribution >= 0.6 is 0 Å². The number of nitrogens with one attached hydrogen (secondary N) is 1. The van der Waals surface area contributed by atoms with Crippen molar-refractivity contribution < 1.29 is 4.79 Å². The Morgan fingerprint density at radius 1 is 1.29 bits per heavy atom. The molecule has 1 rings (SSSR count). The number of aryl methyl sites for hydroxylation is 1. The average molecular weight is 233 g/mol. The van der Waals surface area contributed by atoms with Crippen LogP contribution in [0, 0.1) is 12.3 Å². The molecule has 0 radical (unpaired) electrons. The van der Waals surface area contributed by atoms with Gasteiger partial charge in [-0.2, -0.15) is 0 Å². The summed E-state index contributed by atoms with van der Waals surface area (Å²) in [5.74, 6) is 0.112. The zero-order valence-corrected chi connectivity index (χ0v) is 11.3. The third kappa shape index (κ3) is 4.59. The fourth-order valence-electron chi connectivity index (χ4n) is 1.55. The maximum absolute atomic E-state index is 11.8. The van der Waals surface area contributed by atoms with E-state index in [0.717, 1.165) is 24.1 Å². The van der Waals surface area contributed by atoms with E-state index < -0.39 is 0 Å². The number of anilines is 1. The summed E-state index contributed by atoms with van der Waals surface area (Å²) < 4.78 is 0. The van der Waals surface area contributed by atoms with E-state index in [-0.39, 0.29) is 11.3 Å². The van der Waals surface area contributed by atoms with Crippen molar-refractivity contribution >= 4 is 11.6 Å². The second kappa shape index (κ2) is 5.85. The van der Waals surface area contributed by atoms with Crippen molar-refractivity contribution in [3.63, 3.8) is 0 Å². The molecule has 0 saturated heterocycles. The van der Waals surface area contributed by atoms with E-state index >= 15 is 0 Å². The highest BCUT2D eigenvalue weighted by Crippen LogP contribution is 2.26. The lowest BCUT2D eigenvalue weighted by Crippen LogP contribution is -2.17. The normalized spacial score (nSPS) is 11.3. The molecule has 1 aromatic carbocycles. The Kier molecular flexibility index (Phi) is 4.73. The summed E-state index contributed by atoms with van der Waals surface area (Å²) in [4.78, 5) is 11.8. The highest BCUT2D eigenvalue weighted by atomic mass is 16.1. The number of hydrogen-bond acceptors (Lipinski definition) is 1. The number of carbonyl (C=O) groups is 1. The van der Waals surface area contributed by atoms with Crippen LogP contribution in [-0.4, -0.2) is 5.91 Å². The average Bonchev–Trinajstić information content (AvgIpc) is 2.30. The van der Waals surface area contributed by atoms with Gasteiger partial charge in [0.25, 0.3) is 0 Å². The Morgan fingerprint density at radius 2 is 1.94 bits per heavy atom. The van der Waals surface area contributed by atoms with E-state index in [1.165, 1.54) is 0 Å². The second-order valence-corrected chi connectivity index (χ2v) is 5.38. The van der Waals surface area contributed by atoms with Crippen molar-refractivity contribution in [2.45, 2.75) is 47.0 Å². The third-order valence-corrected chi connectivity index (χ3v) is 3.41. The third-order valence-electron chi connectivity index (χ3n) is 3.41. The van der Waals surface area contributed by atoms with Crippen LogP contribution in [0.2, 0.25) is 0 Å². The minimum atomic E-state index is 0.112. The molecule has 0 aliphatic rings. The lowest BCUT2D eigenvalue weighted by Gasteiger charge is -2.21. The minimum Gasteiger partial charge on any atom is -0.326 e. The molecule has 0 bridgehead atoms. The topological polar surface area (TPSA) is 29.1 Å². The van der Waals surface area contributed by atoms with Crippen LogP contribution in [0.4, 0.5) is 5.69 Å². The molecular weight excluding hydrogens is 210 g/mol. The SMILES string of the molecule is CCC(C)(C)CCC(=O)Nc1ccccc1C. The van der Waals surface area contributed by atoms with Gasteiger partial charge in [0.05, 0.1) is 0 Å². The van der Waals surface area contributed by atoms with Gasteiger partial charge in [0.2, 0.25) is 5.91 Å². The Bertz CT molecular complexity index is 382. The Hall–Kier alpha value is -1.31. The van der Waals surface area contributed by atoms with E-state index in [9.17, 15) is 4.79 Å². The molecule has 2 nitrogen and oxygen atoms in total. The molecular formula is C15H23NO. The molecule has 0 aliphatic carbocycles. The Morgan fingerprint density at radius 3 is 2.53 bits per heavy atom. The molecule has 0 aromatic heterocycles. The molecule has 0 aliphatic heterocycles.